The molecular weight excluding hydrogens is 381 g/mol. The number of benzene rings is 2. The predicted octanol–water partition coefficient (Wildman–Crippen LogP) is 2.81. The van der Waals surface area contributed by atoms with Crippen molar-refractivity contribution in [3.05, 3.63) is 71.7 Å². The van der Waals surface area contributed by atoms with Gasteiger partial charge in [-0.25, -0.2) is 0 Å². The highest BCUT2D eigenvalue weighted by molar-refractivity contribution is 8.18. The minimum absolute atomic E-state index is 0.0397. The van der Waals surface area contributed by atoms with Crippen molar-refractivity contribution in [3.63, 3.8) is 0 Å². The maximum Gasteiger partial charge on any atom is 0.0902 e. The molecule has 2 aromatic carbocycles. The third kappa shape index (κ3) is 3.27. The number of piperazine rings is 1. The van der Waals surface area contributed by atoms with Crippen LogP contribution in [-0.4, -0.2) is 44.9 Å². The Hall–Kier alpha value is -1.45. The Morgan fingerprint density at radius 3 is 2.25 bits per heavy atom. The summed E-state index contributed by atoms with van der Waals surface area (Å²) in [5.41, 5.74) is 3.99. The van der Waals surface area contributed by atoms with E-state index in [2.05, 4.69) is 97.9 Å². The van der Waals surface area contributed by atoms with Crippen molar-refractivity contribution in [2.45, 2.75) is 19.3 Å². The van der Waals surface area contributed by atoms with Crippen molar-refractivity contribution in [1.29, 1.82) is 0 Å². The van der Waals surface area contributed by atoms with E-state index >= 15 is 0 Å². The lowest BCUT2D eigenvalue weighted by atomic mass is 9.84. The molecule has 0 aliphatic carbocycles. The van der Waals surface area contributed by atoms with Gasteiger partial charge in [-0.2, -0.15) is 0 Å². The van der Waals surface area contributed by atoms with Crippen molar-refractivity contribution >= 4 is 29.0 Å². The van der Waals surface area contributed by atoms with Crippen LogP contribution in [0.5, 0.6) is 0 Å². The summed E-state index contributed by atoms with van der Waals surface area (Å²) in [6, 6.07) is 19.6. The number of para-hydroxylation sites is 1. The van der Waals surface area contributed by atoms with Crippen LogP contribution in [0.2, 0.25) is 0 Å². The first kappa shape index (κ1) is 19.8. The van der Waals surface area contributed by atoms with Crippen LogP contribution in [0.4, 0.5) is 5.69 Å². The maximum atomic E-state index is 6.55. The van der Waals surface area contributed by atoms with E-state index in [9.17, 15) is 0 Å². The summed E-state index contributed by atoms with van der Waals surface area (Å²) >= 11 is 6.55. The van der Waals surface area contributed by atoms with Gasteiger partial charge in [0.1, 0.15) is 0 Å². The summed E-state index contributed by atoms with van der Waals surface area (Å²) in [4.78, 5) is 3.96. The van der Waals surface area contributed by atoms with Crippen LogP contribution < -0.4 is 15.1 Å². The SMILES string of the molecule is CN1C(=C[P@](=S)(c2ccccc2)N2CC[NH+](C)CC2)C(C)(C)c2ccccc21. The van der Waals surface area contributed by atoms with Gasteiger partial charge in [0.05, 0.1) is 39.4 Å². The molecular formula is C23H31N3PS+. The zero-order chi connectivity index (χ0) is 19.9. The zero-order valence-corrected chi connectivity index (χ0v) is 19.1. The Kier molecular flexibility index (Phi) is 5.26. The van der Waals surface area contributed by atoms with Gasteiger partial charge in [0.25, 0.3) is 0 Å². The fourth-order valence-corrected chi connectivity index (χ4v) is 8.54. The van der Waals surface area contributed by atoms with Crippen LogP contribution in [0, 0.1) is 0 Å². The first-order valence-electron chi connectivity index (χ1n) is 10.1. The smallest absolute Gasteiger partial charge is 0.0902 e. The van der Waals surface area contributed by atoms with E-state index in [1.54, 1.807) is 4.90 Å². The Balaban J connectivity index is 1.84. The fourth-order valence-electron chi connectivity index (χ4n) is 4.53. The monoisotopic (exact) mass is 412 g/mol. The lowest BCUT2D eigenvalue weighted by Gasteiger charge is -2.39. The topological polar surface area (TPSA) is 10.9 Å². The van der Waals surface area contributed by atoms with Crippen LogP contribution in [-0.2, 0) is 17.2 Å². The van der Waals surface area contributed by atoms with Gasteiger partial charge in [0.15, 0.2) is 0 Å². The van der Waals surface area contributed by atoms with Crippen LogP contribution in [0.15, 0.2) is 66.1 Å². The van der Waals surface area contributed by atoms with Gasteiger partial charge >= 0.3 is 0 Å². The normalized spacial score (nSPS) is 23.6. The third-order valence-electron chi connectivity index (χ3n) is 6.38. The molecule has 148 valence electrons. The second kappa shape index (κ2) is 7.42. The highest BCUT2D eigenvalue weighted by atomic mass is 32.4. The van der Waals surface area contributed by atoms with E-state index in [0.29, 0.717) is 0 Å². The van der Waals surface area contributed by atoms with Crippen LogP contribution >= 0.6 is 6.19 Å². The Morgan fingerprint density at radius 1 is 1.00 bits per heavy atom. The van der Waals surface area contributed by atoms with Gasteiger partial charge in [-0.3, -0.25) is 4.67 Å². The molecule has 2 heterocycles. The second-order valence-electron chi connectivity index (χ2n) is 8.58. The van der Waals surface area contributed by atoms with Gasteiger partial charge in [-0.15, -0.1) is 0 Å². The van der Waals surface area contributed by atoms with Crippen LogP contribution in [0.1, 0.15) is 19.4 Å². The van der Waals surface area contributed by atoms with E-state index in [4.69, 9.17) is 11.8 Å². The van der Waals surface area contributed by atoms with Gasteiger partial charge in [0, 0.05) is 29.2 Å². The molecule has 0 saturated carbocycles. The quantitative estimate of drug-likeness (QED) is 0.778. The number of nitrogens with one attached hydrogen (secondary N) is 1. The van der Waals surface area contributed by atoms with Crippen LogP contribution in [0.3, 0.4) is 0 Å². The standard InChI is InChI=1S/C23H30N3PS/c1-23(2)20-12-8-9-13-21(20)25(4)22(23)18-27(28,19-10-6-5-7-11-19)26-16-14-24(3)15-17-26/h5-13,18H,14-17H2,1-4H3/p+1/t27-/m0/s1. The molecule has 28 heavy (non-hydrogen) atoms. The van der Waals surface area contributed by atoms with Gasteiger partial charge in [-0.1, -0.05) is 74.2 Å². The minimum atomic E-state index is -2.02. The first-order chi connectivity index (χ1) is 13.3. The third-order valence-corrected chi connectivity index (χ3v) is 10.9. The molecule has 1 saturated heterocycles. The number of hydrogen-bond acceptors (Lipinski definition) is 2. The Morgan fingerprint density at radius 2 is 1.61 bits per heavy atom. The molecule has 4 rings (SSSR count). The largest absolute Gasteiger partial charge is 0.347 e. The summed E-state index contributed by atoms with van der Waals surface area (Å²) in [7, 11) is 4.48. The van der Waals surface area contributed by atoms with E-state index in [-0.39, 0.29) is 5.41 Å². The van der Waals surface area contributed by atoms with Gasteiger partial charge < -0.3 is 9.80 Å². The molecule has 0 unspecified atom stereocenters. The van der Waals surface area contributed by atoms with E-state index in [1.807, 2.05) is 0 Å². The van der Waals surface area contributed by atoms with E-state index < -0.39 is 6.19 Å². The number of quaternary nitrogens is 1. The van der Waals surface area contributed by atoms with Crippen molar-refractivity contribution in [3.8, 4) is 0 Å². The average molecular weight is 413 g/mol. The molecule has 3 nitrogen and oxygen atoms in total. The Bertz CT molecular complexity index is 930. The highest BCUT2D eigenvalue weighted by Gasteiger charge is 2.41. The predicted molar refractivity (Wildman–Crippen MR) is 125 cm³/mol. The molecule has 1 fully saturated rings. The summed E-state index contributed by atoms with van der Waals surface area (Å²) in [5, 5.41) is 1.30. The number of anilines is 1. The molecule has 0 radical (unpaired) electrons. The number of allylic oxidation sites excluding steroid dienone is 1. The molecule has 0 aromatic heterocycles. The van der Waals surface area contributed by atoms with Gasteiger partial charge in [-0.05, 0) is 17.4 Å². The van der Waals surface area contributed by atoms with Crippen molar-refractivity contribution < 1.29 is 4.90 Å². The number of fused-ring (bicyclic) bond motifs is 1. The number of hydrogen-bond donors (Lipinski definition) is 1. The lowest BCUT2D eigenvalue weighted by Crippen LogP contribution is -3.11. The van der Waals surface area contributed by atoms with Crippen molar-refractivity contribution in [2.24, 2.45) is 0 Å². The molecule has 2 aliphatic heterocycles. The molecule has 0 bridgehead atoms. The van der Waals surface area contributed by atoms with Gasteiger partial charge in [0.2, 0.25) is 0 Å². The lowest BCUT2D eigenvalue weighted by molar-refractivity contribution is -0.883. The van der Waals surface area contributed by atoms with E-state index in [0.717, 1.165) is 26.2 Å². The molecule has 0 spiro atoms. The Labute approximate surface area is 174 Å². The molecule has 5 heteroatoms. The molecule has 2 aliphatic rings. The summed E-state index contributed by atoms with van der Waals surface area (Å²) in [6.45, 7) is 9.12. The zero-order valence-electron chi connectivity index (χ0n) is 17.4. The first-order valence-corrected chi connectivity index (χ1v) is 12.9. The molecule has 1 N–H and O–H groups in total. The van der Waals surface area contributed by atoms with E-state index in [1.165, 1.54) is 22.3 Å². The van der Waals surface area contributed by atoms with Crippen molar-refractivity contribution in [2.75, 3.05) is 45.2 Å². The number of rotatable bonds is 3. The summed E-state index contributed by atoms with van der Waals surface area (Å²) < 4.78 is 2.60. The number of likely N-dealkylation sites (N-methyl/N-ethyl adjacent to an activating group) is 2. The average Bonchev–Trinajstić information content (AvgIpc) is 2.90. The molecule has 0 amide bonds. The van der Waals surface area contributed by atoms with Crippen LogP contribution in [0.25, 0.3) is 0 Å². The summed E-state index contributed by atoms with van der Waals surface area (Å²) in [5.74, 6) is 2.47. The summed E-state index contributed by atoms with van der Waals surface area (Å²) in [6.07, 6.45) is -2.02. The molecule has 1 atom stereocenters. The molecule has 2 aromatic rings. The fraction of sp³-hybridized carbons (Fsp3) is 0.391. The van der Waals surface area contributed by atoms with Crippen molar-refractivity contribution in [1.82, 2.24) is 4.67 Å². The minimum Gasteiger partial charge on any atom is -0.347 e. The maximum absolute atomic E-state index is 6.55. The highest BCUT2D eigenvalue weighted by Crippen LogP contribution is 2.56. The second-order valence-corrected chi connectivity index (χ2v) is 12.8. The number of nitrogens with zero attached hydrogens (tertiary/aromatic N) is 2.